The zero-order valence-corrected chi connectivity index (χ0v) is 9.90. The molecule has 0 aliphatic carbocycles. The van der Waals surface area contributed by atoms with Gasteiger partial charge in [0.05, 0.1) is 0 Å². The normalized spacial score (nSPS) is 11.6. The molecule has 3 N–H and O–H groups in total. The molecule has 2 amide bonds. The van der Waals surface area contributed by atoms with Crippen molar-refractivity contribution in [1.82, 2.24) is 5.32 Å². The highest BCUT2D eigenvalue weighted by Gasteiger charge is 2.13. The lowest BCUT2D eigenvalue weighted by Crippen LogP contribution is -2.36. The zero-order valence-electron chi connectivity index (χ0n) is 9.90. The molecule has 0 spiro atoms. The van der Waals surface area contributed by atoms with E-state index in [0.29, 0.717) is 17.9 Å². The minimum absolute atomic E-state index is 0.175. The highest BCUT2D eigenvalue weighted by Crippen LogP contribution is 2.13. The second-order valence-corrected chi connectivity index (χ2v) is 3.54. The van der Waals surface area contributed by atoms with E-state index in [-0.39, 0.29) is 5.91 Å². The van der Waals surface area contributed by atoms with Gasteiger partial charge in [-0.3, -0.25) is 9.59 Å². The van der Waals surface area contributed by atoms with Crippen LogP contribution in [-0.2, 0) is 4.79 Å². The largest absolute Gasteiger partial charge is 0.481 e. The van der Waals surface area contributed by atoms with Crippen molar-refractivity contribution in [2.24, 2.45) is 5.73 Å². The number of nitrogens with two attached hydrogens (primary N) is 1. The van der Waals surface area contributed by atoms with E-state index in [1.54, 1.807) is 31.2 Å². The van der Waals surface area contributed by atoms with Crippen LogP contribution < -0.4 is 15.8 Å². The summed E-state index contributed by atoms with van der Waals surface area (Å²) in [4.78, 5) is 22.3. The van der Waals surface area contributed by atoms with Crippen molar-refractivity contribution in [3.8, 4) is 5.75 Å². The summed E-state index contributed by atoms with van der Waals surface area (Å²) >= 11 is 0. The van der Waals surface area contributed by atoms with Gasteiger partial charge in [0, 0.05) is 12.1 Å². The molecule has 0 saturated carbocycles. The van der Waals surface area contributed by atoms with Crippen LogP contribution in [0.15, 0.2) is 24.3 Å². The molecule has 0 aromatic heterocycles. The first-order valence-corrected chi connectivity index (χ1v) is 5.38. The SMILES string of the molecule is CCNC(=O)[C@H](C)Oc1ccc(C(N)=O)cc1. The molecule has 0 fully saturated rings. The molecule has 0 aliphatic rings. The minimum Gasteiger partial charge on any atom is -0.481 e. The number of nitrogens with one attached hydrogen (secondary N) is 1. The van der Waals surface area contributed by atoms with Crippen molar-refractivity contribution in [3.05, 3.63) is 29.8 Å². The van der Waals surface area contributed by atoms with Gasteiger partial charge in [0.15, 0.2) is 6.10 Å². The highest BCUT2D eigenvalue weighted by molar-refractivity contribution is 5.92. The fourth-order valence-corrected chi connectivity index (χ4v) is 1.27. The molecule has 0 saturated heterocycles. The fourth-order valence-electron chi connectivity index (χ4n) is 1.27. The van der Waals surface area contributed by atoms with Crippen LogP contribution in [0.2, 0.25) is 0 Å². The summed E-state index contributed by atoms with van der Waals surface area (Å²) in [6.07, 6.45) is -0.575. The van der Waals surface area contributed by atoms with Crippen molar-refractivity contribution in [1.29, 1.82) is 0 Å². The van der Waals surface area contributed by atoms with Gasteiger partial charge in [-0.25, -0.2) is 0 Å². The van der Waals surface area contributed by atoms with Crippen LogP contribution in [0.25, 0.3) is 0 Å². The van der Waals surface area contributed by atoms with E-state index in [4.69, 9.17) is 10.5 Å². The maximum Gasteiger partial charge on any atom is 0.260 e. The number of likely N-dealkylation sites (N-methyl/N-ethyl adjacent to an activating group) is 1. The Kier molecular flexibility index (Phi) is 4.51. The van der Waals surface area contributed by atoms with Crippen LogP contribution in [0.1, 0.15) is 24.2 Å². The van der Waals surface area contributed by atoms with Gasteiger partial charge in [0.25, 0.3) is 5.91 Å². The maximum atomic E-state index is 11.4. The number of primary amides is 1. The Bertz CT molecular complexity index is 401. The molecule has 1 atom stereocenters. The van der Waals surface area contributed by atoms with Crippen LogP contribution in [0, 0.1) is 0 Å². The summed E-state index contributed by atoms with van der Waals surface area (Å²) in [5.74, 6) is -0.145. The Morgan fingerprint density at radius 2 is 1.94 bits per heavy atom. The van der Waals surface area contributed by atoms with Crippen LogP contribution in [0.4, 0.5) is 0 Å². The Morgan fingerprint density at radius 3 is 2.41 bits per heavy atom. The number of hydrogen-bond donors (Lipinski definition) is 2. The number of amides is 2. The standard InChI is InChI=1S/C12H16N2O3/c1-3-14-12(16)8(2)17-10-6-4-9(5-7-10)11(13)15/h4-8H,3H2,1-2H3,(H2,13,15)(H,14,16)/t8-/m0/s1. The fraction of sp³-hybridized carbons (Fsp3) is 0.333. The van der Waals surface area contributed by atoms with E-state index >= 15 is 0 Å². The monoisotopic (exact) mass is 236 g/mol. The molecule has 1 aromatic rings. The average molecular weight is 236 g/mol. The number of ether oxygens (including phenoxy) is 1. The molecule has 0 radical (unpaired) electrons. The smallest absolute Gasteiger partial charge is 0.260 e. The van der Waals surface area contributed by atoms with Crippen molar-refractivity contribution in [2.75, 3.05) is 6.54 Å². The van der Waals surface area contributed by atoms with E-state index in [1.165, 1.54) is 0 Å². The van der Waals surface area contributed by atoms with Crippen molar-refractivity contribution >= 4 is 11.8 Å². The Morgan fingerprint density at radius 1 is 1.35 bits per heavy atom. The number of carbonyl (C=O) groups excluding carboxylic acids is 2. The lowest BCUT2D eigenvalue weighted by Gasteiger charge is -2.13. The quantitative estimate of drug-likeness (QED) is 0.789. The predicted molar refractivity (Wildman–Crippen MR) is 63.7 cm³/mol. The average Bonchev–Trinajstić information content (AvgIpc) is 2.30. The van der Waals surface area contributed by atoms with Crippen LogP contribution in [-0.4, -0.2) is 24.5 Å². The predicted octanol–water partition coefficient (Wildman–Crippen LogP) is 0.689. The summed E-state index contributed by atoms with van der Waals surface area (Å²) in [6.45, 7) is 4.06. The van der Waals surface area contributed by atoms with Gasteiger partial charge in [0.2, 0.25) is 5.91 Å². The summed E-state index contributed by atoms with van der Waals surface area (Å²) < 4.78 is 5.40. The maximum absolute atomic E-state index is 11.4. The van der Waals surface area contributed by atoms with Gasteiger partial charge in [-0.1, -0.05) is 0 Å². The first kappa shape index (κ1) is 13.0. The first-order chi connectivity index (χ1) is 8.04. The Hall–Kier alpha value is -2.04. The second-order valence-electron chi connectivity index (χ2n) is 3.54. The van der Waals surface area contributed by atoms with Gasteiger partial charge in [-0.2, -0.15) is 0 Å². The molecule has 0 unspecified atom stereocenters. The molecule has 0 aliphatic heterocycles. The van der Waals surface area contributed by atoms with Crippen molar-refractivity contribution in [3.63, 3.8) is 0 Å². The molecule has 92 valence electrons. The first-order valence-electron chi connectivity index (χ1n) is 5.38. The van der Waals surface area contributed by atoms with Crippen LogP contribution >= 0.6 is 0 Å². The van der Waals surface area contributed by atoms with E-state index in [1.807, 2.05) is 6.92 Å². The molecule has 1 rings (SSSR count). The number of hydrogen-bond acceptors (Lipinski definition) is 3. The van der Waals surface area contributed by atoms with Gasteiger partial charge < -0.3 is 15.8 Å². The van der Waals surface area contributed by atoms with Crippen molar-refractivity contribution in [2.45, 2.75) is 20.0 Å². The number of rotatable bonds is 5. The molecule has 1 aromatic carbocycles. The molecule has 0 bridgehead atoms. The van der Waals surface area contributed by atoms with E-state index in [2.05, 4.69) is 5.32 Å². The zero-order chi connectivity index (χ0) is 12.8. The second kappa shape index (κ2) is 5.89. The van der Waals surface area contributed by atoms with Crippen LogP contribution in [0.3, 0.4) is 0 Å². The van der Waals surface area contributed by atoms with Crippen LogP contribution in [0.5, 0.6) is 5.75 Å². The Balaban J connectivity index is 2.63. The number of benzene rings is 1. The van der Waals surface area contributed by atoms with E-state index in [0.717, 1.165) is 0 Å². The topological polar surface area (TPSA) is 81.4 Å². The van der Waals surface area contributed by atoms with Gasteiger partial charge in [-0.15, -0.1) is 0 Å². The third kappa shape index (κ3) is 3.79. The highest BCUT2D eigenvalue weighted by atomic mass is 16.5. The van der Waals surface area contributed by atoms with Crippen molar-refractivity contribution < 1.29 is 14.3 Å². The summed E-state index contributed by atoms with van der Waals surface area (Å²) in [5.41, 5.74) is 5.51. The van der Waals surface area contributed by atoms with Gasteiger partial charge >= 0.3 is 0 Å². The molecule has 5 heteroatoms. The van der Waals surface area contributed by atoms with Gasteiger partial charge in [-0.05, 0) is 38.1 Å². The summed E-state index contributed by atoms with van der Waals surface area (Å²) in [5, 5.41) is 2.66. The third-order valence-electron chi connectivity index (χ3n) is 2.17. The van der Waals surface area contributed by atoms with E-state index < -0.39 is 12.0 Å². The summed E-state index contributed by atoms with van der Waals surface area (Å²) in [7, 11) is 0. The lowest BCUT2D eigenvalue weighted by atomic mass is 10.2. The summed E-state index contributed by atoms with van der Waals surface area (Å²) in [6, 6.07) is 6.33. The van der Waals surface area contributed by atoms with Gasteiger partial charge in [0.1, 0.15) is 5.75 Å². The number of carbonyl (C=O) groups is 2. The van der Waals surface area contributed by atoms with E-state index in [9.17, 15) is 9.59 Å². The third-order valence-corrected chi connectivity index (χ3v) is 2.17. The molecular formula is C12H16N2O3. The molecule has 0 heterocycles. The lowest BCUT2D eigenvalue weighted by molar-refractivity contribution is -0.127. The Labute approximate surface area is 99.9 Å². The minimum atomic E-state index is -0.575. The molecule has 5 nitrogen and oxygen atoms in total. The molecular weight excluding hydrogens is 220 g/mol. The molecule has 17 heavy (non-hydrogen) atoms.